The molecule has 0 atom stereocenters. The average Bonchev–Trinajstić information content (AvgIpc) is 2.26. The Kier molecular flexibility index (Phi) is 6.73. The quantitative estimate of drug-likeness (QED) is 0.281. The highest BCUT2D eigenvalue weighted by molar-refractivity contribution is 8.00. The van der Waals surface area contributed by atoms with E-state index < -0.39 is 0 Å². The van der Waals surface area contributed by atoms with Crippen LogP contribution in [0.3, 0.4) is 0 Å². The van der Waals surface area contributed by atoms with Gasteiger partial charge >= 0.3 is 0 Å². The number of ether oxygens (including phenoxy) is 1. The Balaban J connectivity index is 0.00000196. The SMILES string of the molecule is COc1cccc(SC/C(N)=N\O)c1.Cl. The molecular formula is C9H13ClN2O2S. The van der Waals surface area contributed by atoms with Gasteiger partial charge in [0.2, 0.25) is 0 Å². The summed E-state index contributed by atoms with van der Waals surface area (Å²) < 4.78 is 5.06. The van der Waals surface area contributed by atoms with E-state index in [1.165, 1.54) is 11.8 Å². The molecule has 4 nitrogen and oxygen atoms in total. The molecule has 0 unspecified atom stereocenters. The molecule has 0 radical (unpaired) electrons. The van der Waals surface area contributed by atoms with Crippen LogP contribution in [0, 0.1) is 0 Å². The van der Waals surface area contributed by atoms with Crippen molar-refractivity contribution in [2.75, 3.05) is 12.9 Å². The van der Waals surface area contributed by atoms with Crippen molar-refractivity contribution in [2.24, 2.45) is 10.9 Å². The van der Waals surface area contributed by atoms with Crippen LogP contribution in [0.2, 0.25) is 0 Å². The van der Waals surface area contributed by atoms with Gasteiger partial charge in [-0.1, -0.05) is 11.2 Å². The summed E-state index contributed by atoms with van der Waals surface area (Å²) in [5.74, 6) is 1.47. The molecule has 0 bridgehead atoms. The van der Waals surface area contributed by atoms with Crippen LogP contribution >= 0.6 is 24.2 Å². The summed E-state index contributed by atoms with van der Waals surface area (Å²) in [5.41, 5.74) is 5.34. The molecule has 0 aliphatic rings. The van der Waals surface area contributed by atoms with E-state index in [4.69, 9.17) is 15.7 Å². The second-order valence-electron chi connectivity index (χ2n) is 2.56. The van der Waals surface area contributed by atoms with Gasteiger partial charge < -0.3 is 15.7 Å². The molecule has 1 aromatic carbocycles. The first-order chi connectivity index (χ1) is 6.76. The number of benzene rings is 1. The molecule has 0 aliphatic heterocycles. The second kappa shape index (κ2) is 7.25. The number of amidine groups is 1. The zero-order chi connectivity index (χ0) is 10.4. The van der Waals surface area contributed by atoms with Gasteiger partial charge in [-0.05, 0) is 18.2 Å². The molecule has 1 rings (SSSR count). The normalized spacial score (nSPS) is 10.6. The van der Waals surface area contributed by atoms with Crippen LogP contribution in [-0.4, -0.2) is 23.9 Å². The van der Waals surface area contributed by atoms with Crippen LogP contribution in [0.4, 0.5) is 0 Å². The van der Waals surface area contributed by atoms with Crippen molar-refractivity contribution >= 4 is 30.0 Å². The minimum Gasteiger partial charge on any atom is -0.497 e. The minimum absolute atomic E-state index is 0. The molecule has 1 aromatic rings. The van der Waals surface area contributed by atoms with E-state index in [9.17, 15) is 0 Å². The Hall–Kier alpha value is -1.07. The van der Waals surface area contributed by atoms with E-state index in [-0.39, 0.29) is 18.2 Å². The number of methoxy groups -OCH3 is 1. The van der Waals surface area contributed by atoms with E-state index in [0.29, 0.717) is 5.75 Å². The van der Waals surface area contributed by atoms with Gasteiger partial charge in [0.05, 0.1) is 12.9 Å². The van der Waals surface area contributed by atoms with Gasteiger partial charge in [-0.15, -0.1) is 24.2 Å². The summed E-state index contributed by atoms with van der Waals surface area (Å²) in [7, 11) is 1.62. The largest absolute Gasteiger partial charge is 0.497 e. The van der Waals surface area contributed by atoms with Crippen molar-refractivity contribution in [3.8, 4) is 5.75 Å². The van der Waals surface area contributed by atoms with E-state index in [1.807, 2.05) is 24.3 Å². The van der Waals surface area contributed by atoms with E-state index in [2.05, 4.69) is 5.16 Å². The molecular weight excluding hydrogens is 236 g/mol. The van der Waals surface area contributed by atoms with Crippen LogP contribution in [-0.2, 0) is 0 Å². The summed E-state index contributed by atoms with van der Waals surface area (Å²) in [6.07, 6.45) is 0. The minimum atomic E-state index is 0. The maximum Gasteiger partial charge on any atom is 0.149 e. The summed E-state index contributed by atoms with van der Waals surface area (Å²) in [4.78, 5) is 1.02. The first-order valence-corrected chi connectivity index (χ1v) is 4.98. The molecule has 0 saturated carbocycles. The highest BCUT2D eigenvalue weighted by Gasteiger charge is 1.98. The summed E-state index contributed by atoms with van der Waals surface area (Å²) in [5, 5.41) is 11.2. The maximum atomic E-state index is 8.34. The molecule has 0 amide bonds. The van der Waals surface area contributed by atoms with Crippen LogP contribution in [0.15, 0.2) is 34.3 Å². The zero-order valence-corrected chi connectivity index (χ0v) is 9.85. The third-order valence-corrected chi connectivity index (χ3v) is 2.58. The van der Waals surface area contributed by atoms with Gasteiger partial charge in [0.25, 0.3) is 0 Å². The number of rotatable bonds is 4. The molecule has 0 saturated heterocycles. The predicted molar refractivity (Wildman–Crippen MR) is 64.4 cm³/mol. The first kappa shape index (κ1) is 13.9. The van der Waals surface area contributed by atoms with Crippen LogP contribution in [0.1, 0.15) is 0 Å². The van der Waals surface area contributed by atoms with Crippen LogP contribution in [0.25, 0.3) is 0 Å². The van der Waals surface area contributed by atoms with E-state index >= 15 is 0 Å². The van der Waals surface area contributed by atoms with E-state index in [0.717, 1.165) is 10.6 Å². The average molecular weight is 249 g/mol. The zero-order valence-electron chi connectivity index (χ0n) is 8.21. The van der Waals surface area contributed by atoms with Gasteiger partial charge in [-0.25, -0.2) is 0 Å². The Morgan fingerprint density at radius 3 is 2.93 bits per heavy atom. The van der Waals surface area contributed by atoms with Gasteiger partial charge in [0.15, 0.2) is 0 Å². The first-order valence-electron chi connectivity index (χ1n) is 3.99. The van der Waals surface area contributed by atoms with Crippen molar-refractivity contribution in [1.82, 2.24) is 0 Å². The molecule has 0 heterocycles. The summed E-state index contributed by atoms with van der Waals surface area (Å²) >= 11 is 1.49. The smallest absolute Gasteiger partial charge is 0.149 e. The molecule has 3 N–H and O–H groups in total. The van der Waals surface area contributed by atoms with E-state index in [1.54, 1.807) is 7.11 Å². The summed E-state index contributed by atoms with van der Waals surface area (Å²) in [6.45, 7) is 0. The predicted octanol–water partition coefficient (Wildman–Crippen LogP) is 1.96. The van der Waals surface area contributed by atoms with Crippen molar-refractivity contribution < 1.29 is 9.94 Å². The third kappa shape index (κ3) is 4.80. The Morgan fingerprint density at radius 1 is 1.60 bits per heavy atom. The molecule has 84 valence electrons. The fraction of sp³-hybridized carbons (Fsp3) is 0.222. The maximum absolute atomic E-state index is 8.34. The highest BCUT2D eigenvalue weighted by Crippen LogP contribution is 2.22. The number of halogens is 1. The molecule has 0 fully saturated rings. The number of hydrogen-bond acceptors (Lipinski definition) is 4. The van der Waals surface area contributed by atoms with Crippen LogP contribution in [0.5, 0.6) is 5.75 Å². The lowest BCUT2D eigenvalue weighted by molar-refractivity contribution is 0.318. The Bertz CT molecular complexity index is 334. The van der Waals surface area contributed by atoms with Crippen molar-refractivity contribution in [2.45, 2.75) is 4.90 Å². The Labute approximate surface area is 98.9 Å². The van der Waals surface area contributed by atoms with Crippen molar-refractivity contribution in [1.29, 1.82) is 0 Å². The molecule has 15 heavy (non-hydrogen) atoms. The monoisotopic (exact) mass is 248 g/mol. The molecule has 6 heteroatoms. The van der Waals surface area contributed by atoms with Crippen molar-refractivity contribution in [3.05, 3.63) is 24.3 Å². The fourth-order valence-electron chi connectivity index (χ4n) is 0.877. The number of thioether (sulfide) groups is 1. The Morgan fingerprint density at radius 2 is 2.33 bits per heavy atom. The topological polar surface area (TPSA) is 67.8 Å². The number of nitrogens with zero attached hydrogens (tertiary/aromatic N) is 1. The van der Waals surface area contributed by atoms with Gasteiger partial charge in [0.1, 0.15) is 11.6 Å². The molecule has 0 aliphatic carbocycles. The number of oxime groups is 1. The highest BCUT2D eigenvalue weighted by atomic mass is 35.5. The summed E-state index contributed by atoms with van der Waals surface area (Å²) in [6, 6.07) is 7.61. The lowest BCUT2D eigenvalue weighted by atomic mass is 10.3. The molecule has 0 aromatic heterocycles. The molecule has 0 spiro atoms. The fourth-order valence-corrected chi connectivity index (χ4v) is 1.62. The van der Waals surface area contributed by atoms with Crippen LogP contribution < -0.4 is 10.5 Å². The number of nitrogens with two attached hydrogens (primary N) is 1. The second-order valence-corrected chi connectivity index (χ2v) is 3.61. The standard InChI is InChI=1S/C9H12N2O2S.ClH/c1-13-7-3-2-4-8(5-7)14-6-9(10)11-12;/h2-5,12H,6H2,1H3,(H2,10,11);1H. The third-order valence-electron chi connectivity index (χ3n) is 1.56. The van der Waals surface area contributed by atoms with Gasteiger partial charge in [-0.2, -0.15) is 0 Å². The lowest BCUT2D eigenvalue weighted by Crippen LogP contribution is -2.13. The van der Waals surface area contributed by atoms with Crippen molar-refractivity contribution in [3.63, 3.8) is 0 Å². The van der Waals surface area contributed by atoms with Gasteiger partial charge in [0, 0.05) is 4.90 Å². The number of hydrogen-bond donors (Lipinski definition) is 2. The van der Waals surface area contributed by atoms with Gasteiger partial charge in [-0.3, -0.25) is 0 Å². The lowest BCUT2D eigenvalue weighted by Gasteiger charge is -2.03.